The van der Waals surface area contributed by atoms with Crippen LogP contribution < -0.4 is 5.56 Å². The van der Waals surface area contributed by atoms with E-state index in [2.05, 4.69) is 0 Å². The van der Waals surface area contributed by atoms with Crippen LogP contribution in [0.2, 0.25) is 0 Å². The molecule has 0 saturated heterocycles. The first-order valence-corrected chi connectivity index (χ1v) is 6.49. The van der Waals surface area contributed by atoms with Crippen molar-refractivity contribution in [3.05, 3.63) is 64.4 Å². The zero-order valence-corrected chi connectivity index (χ0v) is 11.0. The summed E-state index contributed by atoms with van der Waals surface area (Å²) in [5.41, 5.74) is -0.434. The number of hydrogen-bond acceptors (Lipinski definition) is 2. The number of benzene rings is 2. The van der Waals surface area contributed by atoms with Crippen molar-refractivity contribution in [1.82, 2.24) is 4.40 Å². The smallest absolute Gasteiger partial charge is 0.416 e. The fraction of sp³-hybridized carbons (Fsp3) is 0.0625. The number of para-hydroxylation sites is 1. The van der Waals surface area contributed by atoms with Gasteiger partial charge in [0.1, 0.15) is 5.58 Å². The van der Waals surface area contributed by atoms with E-state index in [1.54, 1.807) is 18.2 Å². The van der Waals surface area contributed by atoms with E-state index in [1.165, 1.54) is 4.40 Å². The Balaban J connectivity index is 2.16. The largest absolute Gasteiger partial charge is 0.439 e. The molecule has 3 nitrogen and oxygen atoms in total. The van der Waals surface area contributed by atoms with Gasteiger partial charge in [0.15, 0.2) is 0 Å². The van der Waals surface area contributed by atoms with E-state index < -0.39 is 17.3 Å². The summed E-state index contributed by atoms with van der Waals surface area (Å²) in [6, 6.07) is 11.7. The second kappa shape index (κ2) is 4.13. The Bertz CT molecular complexity index is 1090. The standard InChI is InChI=1S/C16H8F3NO2/c17-16(18,19)10-5-6-11-13(8-10)22-14-7-9-3-1-2-4-12(9)20(14)15(11)21/h1-8H. The Morgan fingerprint density at radius 3 is 2.55 bits per heavy atom. The van der Waals surface area contributed by atoms with E-state index in [0.29, 0.717) is 5.52 Å². The third kappa shape index (κ3) is 1.73. The summed E-state index contributed by atoms with van der Waals surface area (Å²) in [4.78, 5) is 12.5. The summed E-state index contributed by atoms with van der Waals surface area (Å²) >= 11 is 0. The lowest BCUT2D eigenvalue weighted by molar-refractivity contribution is -0.137. The van der Waals surface area contributed by atoms with Crippen LogP contribution in [0.4, 0.5) is 13.2 Å². The van der Waals surface area contributed by atoms with Crippen molar-refractivity contribution < 1.29 is 17.6 Å². The van der Waals surface area contributed by atoms with Crippen molar-refractivity contribution in [2.45, 2.75) is 6.18 Å². The molecular formula is C16H8F3NO2. The average molecular weight is 303 g/mol. The topological polar surface area (TPSA) is 34.6 Å². The van der Waals surface area contributed by atoms with Gasteiger partial charge in [0.25, 0.3) is 5.56 Å². The molecule has 0 atom stereocenters. The van der Waals surface area contributed by atoms with Crippen molar-refractivity contribution in [2.75, 3.05) is 0 Å². The zero-order chi connectivity index (χ0) is 15.5. The lowest BCUT2D eigenvalue weighted by Gasteiger charge is -2.07. The van der Waals surface area contributed by atoms with Gasteiger partial charge in [0.2, 0.25) is 5.71 Å². The Labute approximate surface area is 121 Å². The van der Waals surface area contributed by atoms with Gasteiger partial charge < -0.3 is 4.42 Å². The van der Waals surface area contributed by atoms with Crippen molar-refractivity contribution in [2.24, 2.45) is 0 Å². The Morgan fingerprint density at radius 1 is 1.00 bits per heavy atom. The summed E-state index contributed by atoms with van der Waals surface area (Å²) in [5.74, 6) is 0. The van der Waals surface area contributed by atoms with Crippen LogP contribution in [0.3, 0.4) is 0 Å². The minimum Gasteiger partial charge on any atom is -0.439 e. The molecule has 0 saturated carbocycles. The predicted octanol–water partition coefficient (Wildman–Crippen LogP) is 4.22. The molecule has 0 fully saturated rings. The van der Waals surface area contributed by atoms with Gasteiger partial charge in [-0.15, -0.1) is 0 Å². The van der Waals surface area contributed by atoms with Crippen LogP contribution in [0.1, 0.15) is 5.56 Å². The second-order valence-electron chi connectivity index (χ2n) is 4.99. The summed E-state index contributed by atoms with van der Waals surface area (Å²) < 4.78 is 45.2. The van der Waals surface area contributed by atoms with Crippen molar-refractivity contribution in [1.29, 1.82) is 0 Å². The highest BCUT2D eigenvalue weighted by Crippen LogP contribution is 2.31. The molecule has 0 aliphatic heterocycles. The number of halogens is 3. The molecule has 0 radical (unpaired) electrons. The van der Waals surface area contributed by atoms with Crippen LogP contribution in [0.15, 0.2) is 57.7 Å². The van der Waals surface area contributed by atoms with E-state index >= 15 is 0 Å². The maximum atomic E-state index is 12.8. The second-order valence-corrected chi connectivity index (χ2v) is 4.99. The average Bonchev–Trinajstić information content (AvgIpc) is 2.84. The van der Waals surface area contributed by atoms with E-state index in [1.807, 2.05) is 12.1 Å². The minimum absolute atomic E-state index is 0.0740. The quantitative estimate of drug-likeness (QED) is 0.487. The molecule has 4 aromatic rings. The van der Waals surface area contributed by atoms with Crippen molar-refractivity contribution in [3.63, 3.8) is 0 Å². The first-order chi connectivity index (χ1) is 10.4. The van der Waals surface area contributed by atoms with Crippen LogP contribution in [0.25, 0.3) is 27.6 Å². The maximum absolute atomic E-state index is 12.8. The lowest BCUT2D eigenvalue weighted by Crippen LogP contribution is -2.13. The van der Waals surface area contributed by atoms with Crippen LogP contribution >= 0.6 is 0 Å². The number of nitrogens with zero attached hydrogens (tertiary/aromatic N) is 1. The highest BCUT2D eigenvalue weighted by Gasteiger charge is 2.31. The first kappa shape index (κ1) is 12.9. The number of alkyl halides is 3. The van der Waals surface area contributed by atoms with Gasteiger partial charge in [0, 0.05) is 11.5 Å². The van der Waals surface area contributed by atoms with Crippen LogP contribution in [-0.4, -0.2) is 4.40 Å². The zero-order valence-electron chi connectivity index (χ0n) is 11.0. The van der Waals surface area contributed by atoms with Crippen molar-refractivity contribution in [3.8, 4) is 0 Å². The van der Waals surface area contributed by atoms with E-state index in [4.69, 9.17) is 4.42 Å². The minimum atomic E-state index is -4.48. The van der Waals surface area contributed by atoms with Gasteiger partial charge >= 0.3 is 6.18 Å². The number of rotatable bonds is 0. The van der Waals surface area contributed by atoms with Crippen LogP contribution in [0.5, 0.6) is 0 Å². The molecule has 0 amide bonds. The van der Waals surface area contributed by atoms with E-state index in [9.17, 15) is 18.0 Å². The molecule has 0 unspecified atom stereocenters. The maximum Gasteiger partial charge on any atom is 0.416 e. The number of hydrogen-bond donors (Lipinski definition) is 0. The monoisotopic (exact) mass is 303 g/mol. The lowest BCUT2D eigenvalue weighted by atomic mass is 10.1. The van der Waals surface area contributed by atoms with E-state index in [0.717, 1.165) is 23.6 Å². The highest BCUT2D eigenvalue weighted by molar-refractivity contribution is 5.88. The first-order valence-electron chi connectivity index (χ1n) is 6.49. The molecule has 0 bridgehead atoms. The predicted molar refractivity (Wildman–Crippen MR) is 75.9 cm³/mol. The van der Waals surface area contributed by atoms with Gasteiger partial charge in [-0.1, -0.05) is 18.2 Å². The molecule has 4 rings (SSSR count). The number of fused-ring (bicyclic) bond motifs is 4. The highest BCUT2D eigenvalue weighted by atomic mass is 19.4. The molecule has 6 heteroatoms. The molecule has 0 N–H and O–H groups in total. The van der Waals surface area contributed by atoms with E-state index in [-0.39, 0.29) is 16.7 Å². The molecule has 110 valence electrons. The van der Waals surface area contributed by atoms with Gasteiger partial charge in [-0.2, -0.15) is 13.2 Å². The normalized spacial score (nSPS) is 12.5. The third-order valence-corrected chi connectivity index (χ3v) is 3.63. The summed E-state index contributed by atoms with van der Waals surface area (Å²) in [7, 11) is 0. The summed E-state index contributed by atoms with van der Waals surface area (Å²) in [5, 5.41) is 0.900. The molecular weight excluding hydrogens is 295 g/mol. The fourth-order valence-corrected chi connectivity index (χ4v) is 2.61. The molecule has 22 heavy (non-hydrogen) atoms. The molecule has 2 aromatic heterocycles. The summed E-state index contributed by atoms with van der Waals surface area (Å²) in [6.07, 6.45) is -4.48. The van der Waals surface area contributed by atoms with Crippen molar-refractivity contribution >= 4 is 27.6 Å². The van der Waals surface area contributed by atoms with Crippen LogP contribution in [-0.2, 0) is 6.18 Å². The van der Waals surface area contributed by atoms with Gasteiger partial charge in [-0.25, -0.2) is 4.40 Å². The molecule has 2 aromatic carbocycles. The third-order valence-electron chi connectivity index (χ3n) is 3.63. The van der Waals surface area contributed by atoms with Gasteiger partial charge in [-0.3, -0.25) is 4.79 Å². The van der Waals surface area contributed by atoms with Crippen LogP contribution in [0, 0.1) is 0 Å². The molecule has 0 aliphatic rings. The Hall–Kier alpha value is -2.76. The summed E-state index contributed by atoms with van der Waals surface area (Å²) in [6.45, 7) is 0. The van der Waals surface area contributed by atoms with Gasteiger partial charge in [-0.05, 0) is 24.3 Å². The van der Waals surface area contributed by atoms with Gasteiger partial charge in [0.05, 0.1) is 16.5 Å². The SMILES string of the molecule is O=c1c2ccc(C(F)(F)F)cc2oc2cc3ccccc3n12. The molecule has 0 aliphatic carbocycles. The Morgan fingerprint density at radius 2 is 1.77 bits per heavy atom. The molecule has 2 heterocycles. The Kier molecular flexibility index (Phi) is 2.43. The number of aromatic nitrogens is 1. The molecule has 0 spiro atoms. The fourth-order valence-electron chi connectivity index (χ4n) is 2.61.